The molecule has 8 nitrogen and oxygen atoms in total. The third-order valence-electron chi connectivity index (χ3n) is 4.95. The van der Waals surface area contributed by atoms with Crippen LogP contribution in [0.25, 0.3) is 21.7 Å². The Morgan fingerprint density at radius 1 is 1.19 bits per heavy atom. The van der Waals surface area contributed by atoms with Crippen molar-refractivity contribution in [2.45, 2.75) is 19.7 Å². The molecule has 0 bridgehead atoms. The minimum Gasteiger partial charge on any atom is -0.494 e. The number of hydrogen-bond donors (Lipinski definition) is 4. The second-order valence-electron chi connectivity index (χ2n) is 6.96. The maximum absolute atomic E-state index is 11.7. The van der Waals surface area contributed by atoms with E-state index in [-0.39, 0.29) is 6.54 Å². The molecule has 1 amide bonds. The van der Waals surface area contributed by atoms with Crippen LogP contribution in [0.2, 0.25) is 0 Å². The summed E-state index contributed by atoms with van der Waals surface area (Å²) >= 11 is 1.47. The summed E-state index contributed by atoms with van der Waals surface area (Å²) in [6.45, 7) is 2.72. The van der Waals surface area contributed by atoms with Crippen molar-refractivity contribution in [3.8, 4) is 27.4 Å². The van der Waals surface area contributed by atoms with E-state index in [4.69, 9.17) is 10.5 Å². The number of amides is 1. The highest BCUT2D eigenvalue weighted by molar-refractivity contribution is 7.12. The monoisotopic (exact) mass is 439 g/mol. The van der Waals surface area contributed by atoms with Crippen LogP contribution in [-0.4, -0.2) is 38.4 Å². The van der Waals surface area contributed by atoms with Crippen LogP contribution in [-0.2, 0) is 6.54 Å². The number of anilines is 1. The molecule has 1 atom stereocenters. The predicted molar refractivity (Wildman–Crippen MR) is 122 cm³/mol. The summed E-state index contributed by atoms with van der Waals surface area (Å²) in [4.78, 5) is 12.8. The van der Waals surface area contributed by atoms with E-state index in [2.05, 4.69) is 10.4 Å². The largest absolute Gasteiger partial charge is 0.494 e. The lowest BCUT2D eigenvalue weighted by atomic mass is 10.1. The number of hydrogen-bond acceptors (Lipinski definition) is 5. The number of carbonyl (C=O) groups excluding carboxylic acids is 1. The van der Waals surface area contributed by atoms with Crippen molar-refractivity contribution in [3.63, 3.8) is 0 Å². The van der Waals surface area contributed by atoms with Gasteiger partial charge in [-0.2, -0.15) is 0 Å². The maximum Gasteiger partial charge on any atom is 0.270 e. The Labute approximate surface area is 184 Å². The van der Waals surface area contributed by atoms with E-state index in [0.29, 0.717) is 18.1 Å². The van der Waals surface area contributed by atoms with Crippen LogP contribution < -0.4 is 15.8 Å². The number of primary amides is 1. The molecule has 1 unspecified atom stereocenters. The predicted octanol–water partition coefficient (Wildman–Crippen LogP) is 3.74. The first-order valence-electron chi connectivity index (χ1n) is 9.97. The lowest BCUT2D eigenvalue weighted by Gasteiger charge is -2.29. The summed E-state index contributed by atoms with van der Waals surface area (Å²) in [6, 6.07) is 17.9. The van der Waals surface area contributed by atoms with E-state index in [1.54, 1.807) is 11.7 Å². The van der Waals surface area contributed by atoms with Crippen LogP contribution in [0.15, 0.2) is 54.6 Å². The van der Waals surface area contributed by atoms with Crippen molar-refractivity contribution < 1.29 is 14.6 Å². The van der Waals surface area contributed by atoms with Gasteiger partial charge < -0.3 is 20.9 Å². The molecule has 2 aromatic carbocycles. The second kappa shape index (κ2) is 8.75. The van der Waals surface area contributed by atoms with E-state index >= 15 is 0 Å². The first-order valence-corrected chi connectivity index (χ1v) is 10.7. The number of rotatable bonds is 9. The molecule has 2 heterocycles. The molecule has 4 aromatic rings. The lowest BCUT2D eigenvalue weighted by molar-refractivity contribution is 0.0843. The zero-order valence-corrected chi connectivity index (χ0v) is 18.1. The first kappa shape index (κ1) is 20.8. The fourth-order valence-corrected chi connectivity index (χ4v) is 4.59. The van der Waals surface area contributed by atoms with Crippen LogP contribution in [0.1, 0.15) is 23.6 Å². The number of aliphatic hydroxyl groups excluding tert-OH is 1. The number of nitrogens with one attached hydrogen (secondary N) is 2. The number of nitrogens with zero attached hydrogens (tertiary/aromatic N) is 2. The highest BCUT2D eigenvalue weighted by atomic mass is 32.1. The third kappa shape index (κ3) is 3.97. The number of benzene rings is 2. The molecule has 4 rings (SSSR count). The van der Waals surface area contributed by atoms with Crippen molar-refractivity contribution in [2.24, 2.45) is 5.73 Å². The smallest absolute Gasteiger partial charge is 0.270 e. The maximum atomic E-state index is 11.7. The third-order valence-corrected chi connectivity index (χ3v) is 6.19. The molecule has 0 aliphatic rings. The number of H-pyrrole nitrogens is 1. The topological polar surface area (TPSA) is 110 Å². The summed E-state index contributed by atoms with van der Waals surface area (Å²) < 4.78 is 8.95. The summed E-state index contributed by atoms with van der Waals surface area (Å²) in [6.07, 6.45) is -0.876. The zero-order valence-electron chi connectivity index (χ0n) is 17.3. The van der Waals surface area contributed by atoms with E-state index < -0.39 is 12.1 Å². The minimum atomic E-state index is -0.876. The van der Waals surface area contributed by atoms with Crippen molar-refractivity contribution in [3.05, 3.63) is 60.3 Å². The lowest BCUT2D eigenvalue weighted by Crippen LogP contribution is -2.31. The van der Waals surface area contributed by atoms with Crippen LogP contribution in [0, 0.1) is 0 Å². The van der Waals surface area contributed by atoms with Gasteiger partial charge in [-0.1, -0.05) is 41.9 Å². The number of nitrogens with two attached hydrogens (primary N) is 1. The zero-order chi connectivity index (χ0) is 22.0. The van der Waals surface area contributed by atoms with Gasteiger partial charge in [0, 0.05) is 12.6 Å². The van der Waals surface area contributed by atoms with Crippen LogP contribution in [0.4, 0.5) is 5.82 Å². The standard InChI is InChI=1S/C22H25N5O3S/c1-3-30-16-11-9-14(10-12-16)18-20(15-7-5-4-6-8-15)31-27(18)17(28)13-26-19(21(23)29)22(24-2)25-26/h4-12,17,24-25,28H,3,13H2,1-2H3,(H2,23,29). The first-order chi connectivity index (χ1) is 15.0. The quantitative estimate of drug-likeness (QED) is 0.318. The summed E-state index contributed by atoms with van der Waals surface area (Å²) in [5.41, 5.74) is 8.76. The van der Waals surface area contributed by atoms with Gasteiger partial charge in [0.2, 0.25) is 0 Å². The van der Waals surface area contributed by atoms with Crippen molar-refractivity contribution in [2.75, 3.05) is 19.0 Å². The van der Waals surface area contributed by atoms with Gasteiger partial charge in [-0.15, -0.1) is 0 Å². The molecule has 31 heavy (non-hydrogen) atoms. The number of ether oxygens (including phenoxy) is 1. The molecule has 0 radical (unpaired) electrons. The van der Waals surface area contributed by atoms with Gasteiger partial charge in [0.25, 0.3) is 5.91 Å². The Kier molecular flexibility index (Phi) is 5.88. The van der Waals surface area contributed by atoms with Gasteiger partial charge in [0.1, 0.15) is 11.6 Å². The molecule has 0 aliphatic heterocycles. The molecular formula is C22H25N5O3S. The van der Waals surface area contributed by atoms with Crippen LogP contribution in [0.5, 0.6) is 5.75 Å². The van der Waals surface area contributed by atoms with E-state index in [1.165, 1.54) is 11.5 Å². The van der Waals surface area contributed by atoms with Gasteiger partial charge in [0.15, 0.2) is 11.9 Å². The summed E-state index contributed by atoms with van der Waals surface area (Å²) in [7, 11) is 1.70. The molecule has 0 fully saturated rings. The molecule has 0 aliphatic carbocycles. The van der Waals surface area contributed by atoms with Crippen molar-refractivity contribution >= 4 is 23.3 Å². The number of aromatic amines is 1. The fourth-order valence-electron chi connectivity index (χ4n) is 3.50. The van der Waals surface area contributed by atoms with Gasteiger partial charge in [-0.05, 0) is 36.8 Å². The summed E-state index contributed by atoms with van der Waals surface area (Å²) in [5.74, 6) is 0.787. The van der Waals surface area contributed by atoms with E-state index in [0.717, 1.165) is 27.4 Å². The Morgan fingerprint density at radius 3 is 2.52 bits per heavy atom. The van der Waals surface area contributed by atoms with E-state index in [1.807, 2.05) is 65.5 Å². The molecule has 162 valence electrons. The second-order valence-corrected chi connectivity index (χ2v) is 7.94. The highest BCUT2D eigenvalue weighted by Gasteiger charge is 2.26. The summed E-state index contributed by atoms with van der Waals surface area (Å²) in [5, 5.41) is 16.8. The average molecular weight is 440 g/mol. The molecule has 9 heteroatoms. The molecule has 2 aromatic heterocycles. The van der Waals surface area contributed by atoms with Gasteiger partial charge in [-0.25, -0.2) is 0 Å². The average Bonchev–Trinajstić information content (AvgIpc) is 2.72. The van der Waals surface area contributed by atoms with Gasteiger partial charge >= 0.3 is 0 Å². The van der Waals surface area contributed by atoms with Gasteiger partial charge in [-0.3, -0.25) is 18.5 Å². The van der Waals surface area contributed by atoms with Crippen LogP contribution >= 0.6 is 11.5 Å². The number of carbonyl (C=O) groups is 1. The normalized spacial score (nSPS) is 12.1. The Hall–Kier alpha value is -3.43. The fraction of sp³-hybridized carbons (Fsp3) is 0.227. The molecule has 5 N–H and O–H groups in total. The van der Waals surface area contributed by atoms with Crippen LogP contribution in [0.3, 0.4) is 0 Å². The number of aromatic nitrogens is 3. The Morgan fingerprint density at radius 2 is 1.90 bits per heavy atom. The minimum absolute atomic E-state index is 0.166. The van der Waals surface area contributed by atoms with E-state index in [9.17, 15) is 9.90 Å². The molecule has 0 saturated heterocycles. The SMILES string of the molecule is CCOc1ccc(-c2c(-c3ccccc3)sn2C(O)Cn2[nH]c(NC)c2C(N)=O)cc1. The highest BCUT2D eigenvalue weighted by Crippen LogP contribution is 2.43. The molecule has 0 spiro atoms. The van der Waals surface area contributed by atoms with Crippen molar-refractivity contribution in [1.82, 2.24) is 13.7 Å². The number of aliphatic hydroxyl groups is 1. The molecular weight excluding hydrogens is 414 g/mol. The molecule has 0 saturated carbocycles. The Balaban J connectivity index is 1.67. The Bertz CT molecular complexity index is 1150. The van der Waals surface area contributed by atoms with Gasteiger partial charge in [0.05, 0.1) is 23.7 Å². The van der Waals surface area contributed by atoms with Crippen molar-refractivity contribution in [1.29, 1.82) is 0 Å².